The fraction of sp³-hybridized carbons (Fsp3) is 0.708. The Bertz CT molecular complexity index is 877. The van der Waals surface area contributed by atoms with Crippen LogP contribution in [-0.2, 0) is 27.2 Å². The number of halogens is 1. The van der Waals surface area contributed by atoms with Gasteiger partial charge in [-0.1, -0.05) is 15.9 Å². The molecule has 1 aliphatic rings. The van der Waals surface area contributed by atoms with E-state index in [1.54, 1.807) is 0 Å². The van der Waals surface area contributed by atoms with Gasteiger partial charge in [-0.05, 0) is 103 Å². The Morgan fingerprint density at radius 3 is 1.56 bits per heavy atom. The van der Waals surface area contributed by atoms with Crippen molar-refractivity contribution in [2.75, 3.05) is 5.32 Å². The third-order valence-corrected chi connectivity index (χ3v) is 9.21. The van der Waals surface area contributed by atoms with Gasteiger partial charge in [-0.2, -0.15) is 0 Å². The highest BCUT2D eigenvalue weighted by molar-refractivity contribution is 9.10. The van der Waals surface area contributed by atoms with E-state index in [9.17, 15) is 4.79 Å². The molecule has 7 nitrogen and oxygen atoms in total. The lowest BCUT2D eigenvalue weighted by Crippen LogP contribution is -2.68. The molecule has 0 radical (unpaired) electrons. The molecule has 0 saturated carbocycles. The van der Waals surface area contributed by atoms with Gasteiger partial charge in [0.25, 0.3) is 5.91 Å². The van der Waals surface area contributed by atoms with Crippen molar-refractivity contribution >= 4 is 60.8 Å². The van der Waals surface area contributed by atoms with Crippen LogP contribution in [0.2, 0.25) is 78.6 Å². The summed E-state index contributed by atoms with van der Waals surface area (Å²) in [5.74, 6) is -0.277. The molecule has 0 aliphatic carbocycles. The van der Waals surface area contributed by atoms with Crippen molar-refractivity contribution in [1.82, 2.24) is 0 Å². The van der Waals surface area contributed by atoms with Crippen molar-refractivity contribution < 1.29 is 27.2 Å². The van der Waals surface area contributed by atoms with Gasteiger partial charge in [-0.15, -0.1) is 0 Å². The summed E-state index contributed by atoms with van der Waals surface area (Å²) in [6.45, 7) is 25.5. The molecule has 1 heterocycles. The maximum atomic E-state index is 13.7. The zero-order chi connectivity index (χ0) is 27.7. The van der Waals surface area contributed by atoms with E-state index >= 15 is 0 Å². The van der Waals surface area contributed by atoms with E-state index in [4.69, 9.17) is 22.4 Å². The van der Waals surface area contributed by atoms with Gasteiger partial charge in [-0.25, -0.2) is 0 Å². The fourth-order valence-corrected chi connectivity index (χ4v) is 8.20. The van der Waals surface area contributed by atoms with Crippen molar-refractivity contribution in [3.05, 3.63) is 28.7 Å². The number of hydrogen-bond donors (Lipinski definition) is 1. The number of hydrogen-bond acceptors (Lipinski definition) is 6. The molecule has 206 valence electrons. The number of rotatable bonds is 10. The Balaban J connectivity index is 2.58. The van der Waals surface area contributed by atoms with E-state index in [2.05, 4.69) is 99.8 Å². The van der Waals surface area contributed by atoms with E-state index in [0.29, 0.717) is 5.69 Å². The summed E-state index contributed by atoms with van der Waals surface area (Å²) in [5, 5.41) is 3.01. The Hall–Kier alpha value is -0.162. The second kappa shape index (κ2) is 11.9. The maximum absolute atomic E-state index is 13.7. The van der Waals surface area contributed by atoms with Crippen LogP contribution in [0, 0.1) is 0 Å². The van der Waals surface area contributed by atoms with Crippen LogP contribution in [0.1, 0.15) is 0 Å². The molecular weight excluding hydrogens is 591 g/mol. The average Bonchev–Trinajstić information content (AvgIpc) is 2.64. The van der Waals surface area contributed by atoms with Gasteiger partial charge in [0.2, 0.25) is 0 Å². The highest BCUT2D eigenvalue weighted by atomic mass is 79.9. The first-order chi connectivity index (χ1) is 16.1. The number of amides is 1. The van der Waals surface area contributed by atoms with Crippen LogP contribution in [0.4, 0.5) is 5.69 Å². The van der Waals surface area contributed by atoms with E-state index < -0.39 is 64.0 Å². The minimum Gasteiger partial charge on any atom is -0.409 e. The summed E-state index contributed by atoms with van der Waals surface area (Å²) in [4.78, 5) is 13.7. The van der Waals surface area contributed by atoms with Crippen molar-refractivity contribution in [3.8, 4) is 0 Å². The first kappa shape index (κ1) is 32.1. The standard InChI is InChI=1S/C24H46BrNO6Si4/c1-33(2,3)29-19-20(30-34(4,5)6)22(31-35(7,8)9)24(32-36(10,11)12)28-21(19)23(27)26-18-15-13-17(25)14-16-18/h13-16,19-22,24H,1-12H3,(H,26,27). The monoisotopic (exact) mass is 635 g/mol. The molecule has 1 aromatic rings. The van der Waals surface area contributed by atoms with Gasteiger partial charge in [0, 0.05) is 10.2 Å². The minimum absolute atomic E-state index is 0.277. The Labute approximate surface area is 230 Å². The number of carbonyl (C=O) groups is 1. The predicted molar refractivity (Wildman–Crippen MR) is 161 cm³/mol. The first-order valence-electron chi connectivity index (χ1n) is 12.6. The second-order valence-corrected chi connectivity index (χ2v) is 32.0. The van der Waals surface area contributed by atoms with Gasteiger partial charge in [0.15, 0.2) is 45.7 Å². The number of anilines is 1. The van der Waals surface area contributed by atoms with E-state index in [0.717, 1.165) is 4.47 Å². The lowest BCUT2D eigenvalue weighted by atomic mass is 9.98. The lowest BCUT2D eigenvalue weighted by Gasteiger charge is -2.51. The summed E-state index contributed by atoms with van der Waals surface area (Å²) in [5.41, 5.74) is 0.685. The van der Waals surface area contributed by atoms with Crippen LogP contribution in [-0.4, -0.2) is 69.9 Å². The molecule has 5 unspecified atom stereocenters. The largest absolute Gasteiger partial charge is 0.409 e. The van der Waals surface area contributed by atoms with Crippen molar-refractivity contribution in [3.63, 3.8) is 0 Å². The van der Waals surface area contributed by atoms with E-state index in [1.165, 1.54) is 0 Å². The van der Waals surface area contributed by atoms with Crippen LogP contribution in [0.15, 0.2) is 28.7 Å². The quantitative estimate of drug-likeness (QED) is 0.291. The van der Waals surface area contributed by atoms with Gasteiger partial charge in [0.05, 0.1) is 0 Å². The molecule has 1 N–H and O–H groups in total. The molecule has 1 aromatic carbocycles. The molecule has 0 spiro atoms. The van der Waals surface area contributed by atoms with Gasteiger partial charge >= 0.3 is 0 Å². The van der Waals surface area contributed by atoms with Crippen LogP contribution < -0.4 is 5.32 Å². The molecule has 5 atom stereocenters. The minimum atomic E-state index is -2.11. The zero-order valence-electron chi connectivity index (χ0n) is 24.0. The van der Waals surface area contributed by atoms with E-state index in [-0.39, 0.29) is 5.91 Å². The zero-order valence-corrected chi connectivity index (χ0v) is 29.6. The van der Waals surface area contributed by atoms with Crippen molar-refractivity contribution in [2.24, 2.45) is 0 Å². The molecule has 0 bridgehead atoms. The van der Waals surface area contributed by atoms with E-state index in [1.807, 2.05) is 24.3 Å². The number of benzene rings is 1. The Morgan fingerprint density at radius 1 is 0.694 bits per heavy atom. The van der Waals surface area contributed by atoms with Gasteiger partial charge in [-0.3, -0.25) is 4.79 Å². The normalized spacial score (nSPS) is 26.1. The number of nitrogens with one attached hydrogen (secondary N) is 1. The topological polar surface area (TPSA) is 75.3 Å². The second-order valence-electron chi connectivity index (χ2n) is 13.2. The summed E-state index contributed by atoms with van der Waals surface area (Å²) >= 11 is 3.44. The van der Waals surface area contributed by atoms with Crippen LogP contribution in [0.5, 0.6) is 0 Å². The molecule has 1 amide bonds. The average molecular weight is 637 g/mol. The highest BCUT2D eigenvalue weighted by Gasteiger charge is 2.54. The third kappa shape index (κ3) is 10.9. The number of ether oxygens (including phenoxy) is 1. The molecule has 36 heavy (non-hydrogen) atoms. The Morgan fingerprint density at radius 2 is 1.11 bits per heavy atom. The first-order valence-corrected chi connectivity index (χ1v) is 27.0. The van der Waals surface area contributed by atoms with Crippen LogP contribution in [0.25, 0.3) is 0 Å². The smallest absolute Gasteiger partial charge is 0.256 e. The summed E-state index contributed by atoms with van der Waals surface area (Å²) < 4.78 is 34.1. The molecule has 12 heteroatoms. The van der Waals surface area contributed by atoms with Gasteiger partial charge in [0.1, 0.15) is 18.3 Å². The lowest BCUT2D eigenvalue weighted by molar-refractivity contribution is -0.257. The molecular formula is C24H46BrNO6Si4. The van der Waals surface area contributed by atoms with Gasteiger partial charge < -0.3 is 27.8 Å². The molecule has 0 aromatic heterocycles. The Kier molecular flexibility index (Phi) is 10.6. The molecule has 1 aliphatic heterocycles. The maximum Gasteiger partial charge on any atom is 0.256 e. The summed E-state index contributed by atoms with van der Waals surface area (Å²) in [7, 11) is -8.30. The summed E-state index contributed by atoms with van der Waals surface area (Å²) in [6.07, 6.45) is -3.25. The SMILES string of the molecule is C[Si](C)(C)OC1OC(C(=O)Nc2ccc(Br)cc2)C(O[Si](C)(C)C)C(O[Si](C)(C)C)C1O[Si](C)(C)C. The number of carbonyl (C=O) groups excluding carboxylic acids is 1. The molecule has 1 saturated heterocycles. The summed E-state index contributed by atoms with van der Waals surface area (Å²) in [6, 6.07) is 7.48. The van der Waals surface area contributed by atoms with Crippen molar-refractivity contribution in [2.45, 2.75) is 109 Å². The molecule has 2 rings (SSSR count). The van der Waals surface area contributed by atoms with Crippen molar-refractivity contribution in [1.29, 1.82) is 0 Å². The molecule has 1 fully saturated rings. The van der Waals surface area contributed by atoms with Crippen LogP contribution in [0.3, 0.4) is 0 Å². The third-order valence-electron chi connectivity index (χ3n) is 4.80. The highest BCUT2D eigenvalue weighted by Crippen LogP contribution is 2.35. The fourth-order valence-electron chi connectivity index (χ4n) is 3.82. The predicted octanol–water partition coefficient (Wildman–Crippen LogP) is 6.62. The van der Waals surface area contributed by atoms with Crippen LogP contribution >= 0.6 is 15.9 Å².